The van der Waals surface area contributed by atoms with Crippen molar-refractivity contribution in [2.45, 2.75) is 44.7 Å². The smallest absolute Gasteiger partial charge is 0.303 e. The van der Waals surface area contributed by atoms with Crippen LogP contribution in [0.25, 0.3) is 0 Å². The van der Waals surface area contributed by atoms with Gasteiger partial charge in [-0.1, -0.05) is 6.42 Å². The average molecular weight is 295 g/mol. The van der Waals surface area contributed by atoms with Crippen LogP contribution in [0.3, 0.4) is 0 Å². The molecule has 0 saturated carbocycles. The van der Waals surface area contributed by atoms with Crippen LogP contribution in [0.4, 0.5) is 4.39 Å². The number of carboxylic acids is 1. The molecule has 1 aromatic carbocycles. The Morgan fingerprint density at radius 2 is 2.29 bits per heavy atom. The van der Waals surface area contributed by atoms with Gasteiger partial charge in [0.15, 0.2) is 0 Å². The highest BCUT2D eigenvalue weighted by Gasteiger charge is 2.24. The van der Waals surface area contributed by atoms with Crippen molar-refractivity contribution in [1.29, 1.82) is 0 Å². The van der Waals surface area contributed by atoms with E-state index in [1.165, 1.54) is 12.1 Å². The van der Waals surface area contributed by atoms with E-state index >= 15 is 0 Å². The number of rotatable bonds is 6. The number of aliphatic carboxylic acids is 1. The minimum Gasteiger partial charge on any atom is -0.496 e. The standard InChI is InChI=1S/C16H22FNO3/c1-21-15-7-5-13(17)10-12(15)11-18-9-3-2-4-14(18)6-8-16(19)20/h5,7,10,14H,2-4,6,8-9,11H2,1H3,(H,19,20). The fraction of sp³-hybridized carbons (Fsp3) is 0.562. The lowest BCUT2D eigenvalue weighted by atomic mass is 9.97. The Bertz CT molecular complexity index is 492. The number of carbonyl (C=O) groups is 1. The lowest BCUT2D eigenvalue weighted by Crippen LogP contribution is -2.39. The second-order valence-electron chi connectivity index (χ2n) is 5.51. The van der Waals surface area contributed by atoms with Crippen LogP contribution in [-0.2, 0) is 11.3 Å². The number of halogens is 1. The highest BCUT2D eigenvalue weighted by atomic mass is 19.1. The summed E-state index contributed by atoms with van der Waals surface area (Å²) in [6.07, 6.45) is 4.06. The third-order valence-corrected chi connectivity index (χ3v) is 4.06. The highest BCUT2D eigenvalue weighted by molar-refractivity contribution is 5.66. The van der Waals surface area contributed by atoms with Crippen LogP contribution in [0.2, 0.25) is 0 Å². The van der Waals surface area contributed by atoms with Crippen molar-refractivity contribution in [3.8, 4) is 5.75 Å². The SMILES string of the molecule is COc1ccc(F)cc1CN1CCCCC1CCC(=O)O. The molecule has 1 atom stereocenters. The molecular formula is C16H22FNO3. The first-order chi connectivity index (χ1) is 10.1. The van der Waals surface area contributed by atoms with E-state index in [-0.39, 0.29) is 18.3 Å². The number of benzene rings is 1. The van der Waals surface area contributed by atoms with Gasteiger partial charge >= 0.3 is 5.97 Å². The fourth-order valence-electron chi connectivity index (χ4n) is 2.97. The van der Waals surface area contributed by atoms with E-state index in [1.54, 1.807) is 13.2 Å². The van der Waals surface area contributed by atoms with E-state index in [0.29, 0.717) is 18.7 Å². The monoisotopic (exact) mass is 295 g/mol. The maximum Gasteiger partial charge on any atom is 0.303 e. The van der Waals surface area contributed by atoms with Gasteiger partial charge in [-0.15, -0.1) is 0 Å². The number of hydrogen-bond donors (Lipinski definition) is 1. The zero-order valence-electron chi connectivity index (χ0n) is 12.3. The number of likely N-dealkylation sites (tertiary alicyclic amines) is 1. The molecule has 1 saturated heterocycles. The normalized spacial score (nSPS) is 19.4. The van der Waals surface area contributed by atoms with Gasteiger partial charge in [0.05, 0.1) is 7.11 Å². The fourth-order valence-corrected chi connectivity index (χ4v) is 2.97. The van der Waals surface area contributed by atoms with Gasteiger partial charge in [0.2, 0.25) is 0 Å². The molecule has 1 aliphatic rings. The van der Waals surface area contributed by atoms with Crippen molar-refractivity contribution in [3.63, 3.8) is 0 Å². The maximum absolute atomic E-state index is 13.4. The van der Waals surface area contributed by atoms with Gasteiger partial charge in [0.25, 0.3) is 0 Å². The highest BCUT2D eigenvalue weighted by Crippen LogP contribution is 2.27. The van der Waals surface area contributed by atoms with E-state index in [0.717, 1.165) is 31.4 Å². The molecule has 5 heteroatoms. The summed E-state index contributed by atoms with van der Waals surface area (Å²) >= 11 is 0. The molecule has 0 radical (unpaired) electrons. The third kappa shape index (κ3) is 4.43. The molecule has 1 fully saturated rings. The van der Waals surface area contributed by atoms with Gasteiger partial charge in [0, 0.05) is 24.6 Å². The summed E-state index contributed by atoms with van der Waals surface area (Å²) in [6, 6.07) is 4.78. The third-order valence-electron chi connectivity index (χ3n) is 4.06. The Hall–Kier alpha value is -1.62. The lowest BCUT2D eigenvalue weighted by molar-refractivity contribution is -0.137. The summed E-state index contributed by atoms with van der Waals surface area (Å²) in [7, 11) is 1.58. The van der Waals surface area contributed by atoms with E-state index in [1.807, 2.05) is 0 Å². The van der Waals surface area contributed by atoms with Gasteiger partial charge in [-0.05, 0) is 44.0 Å². The van der Waals surface area contributed by atoms with Crippen molar-refractivity contribution in [2.75, 3.05) is 13.7 Å². The van der Waals surface area contributed by atoms with Crippen molar-refractivity contribution in [1.82, 2.24) is 4.90 Å². The summed E-state index contributed by atoms with van der Waals surface area (Å²) in [5.74, 6) is -0.354. The van der Waals surface area contributed by atoms with Crippen molar-refractivity contribution < 1.29 is 19.0 Å². The summed E-state index contributed by atoms with van der Waals surface area (Å²) in [5.41, 5.74) is 0.819. The van der Waals surface area contributed by atoms with E-state index in [9.17, 15) is 9.18 Å². The zero-order chi connectivity index (χ0) is 15.2. The Morgan fingerprint density at radius 3 is 3.00 bits per heavy atom. The van der Waals surface area contributed by atoms with E-state index in [2.05, 4.69) is 4.90 Å². The topological polar surface area (TPSA) is 49.8 Å². The molecule has 0 bridgehead atoms. The molecule has 0 aliphatic carbocycles. The minimum absolute atomic E-state index is 0.182. The quantitative estimate of drug-likeness (QED) is 0.876. The van der Waals surface area contributed by atoms with Crippen LogP contribution in [0.1, 0.15) is 37.7 Å². The summed E-state index contributed by atoms with van der Waals surface area (Å²) in [5, 5.41) is 8.85. The number of hydrogen-bond acceptors (Lipinski definition) is 3. The molecule has 0 spiro atoms. The average Bonchev–Trinajstić information content (AvgIpc) is 2.46. The van der Waals surface area contributed by atoms with Crippen molar-refractivity contribution in [3.05, 3.63) is 29.6 Å². The van der Waals surface area contributed by atoms with E-state index in [4.69, 9.17) is 9.84 Å². The van der Waals surface area contributed by atoms with Crippen LogP contribution in [-0.4, -0.2) is 35.7 Å². The van der Waals surface area contributed by atoms with Crippen LogP contribution in [0.15, 0.2) is 18.2 Å². The Labute approximate surface area is 124 Å². The minimum atomic E-state index is -0.760. The van der Waals surface area contributed by atoms with Gasteiger partial charge in [-0.25, -0.2) is 4.39 Å². The summed E-state index contributed by atoms with van der Waals surface area (Å²) in [6.45, 7) is 1.52. The molecule has 1 unspecified atom stereocenters. The molecule has 21 heavy (non-hydrogen) atoms. The molecule has 2 rings (SSSR count). The maximum atomic E-state index is 13.4. The first kappa shape index (κ1) is 15.8. The van der Waals surface area contributed by atoms with Gasteiger partial charge < -0.3 is 9.84 Å². The first-order valence-electron chi connectivity index (χ1n) is 7.38. The summed E-state index contributed by atoms with van der Waals surface area (Å²) in [4.78, 5) is 13.0. The molecule has 1 aliphatic heterocycles. The number of ether oxygens (including phenoxy) is 1. The number of nitrogens with zero attached hydrogens (tertiary/aromatic N) is 1. The van der Waals surface area contributed by atoms with Gasteiger partial charge in [-0.2, -0.15) is 0 Å². The second kappa shape index (κ2) is 7.41. The van der Waals surface area contributed by atoms with Crippen molar-refractivity contribution >= 4 is 5.97 Å². The molecule has 0 aromatic heterocycles. The lowest BCUT2D eigenvalue weighted by Gasteiger charge is -2.36. The van der Waals surface area contributed by atoms with Crippen LogP contribution >= 0.6 is 0 Å². The zero-order valence-corrected chi connectivity index (χ0v) is 12.3. The Kier molecular flexibility index (Phi) is 5.56. The Balaban J connectivity index is 2.08. The molecule has 0 amide bonds. The predicted molar refractivity (Wildman–Crippen MR) is 77.9 cm³/mol. The first-order valence-corrected chi connectivity index (χ1v) is 7.38. The summed E-state index contributed by atoms with van der Waals surface area (Å²) < 4.78 is 18.7. The van der Waals surface area contributed by atoms with E-state index < -0.39 is 5.97 Å². The second-order valence-corrected chi connectivity index (χ2v) is 5.51. The number of piperidine rings is 1. The molecule has 1 aromatic rings. The number of methoxy groups -OCH3 is 1. The van der Waals surface area contributed by atoms with Gasteiger partial charge in [0.1, 0.15) is 11.6 Å². The largest absolute Gasteiger partial charge is 0.496 e. The molecular weight excluding hydrogens is 273 g/mol. The predicted octanol–water partition coefficient (Wildman–Crippen LogP) is 3.05. The molecule has 1 N–H and O–H groups in total. The molecule has 4 nitrogen and oxygen atoms in total. The van der Waals surface area contributed by atoms with Crippen LogP contribution in [0.5, 0.6) is 5.75 Å². The number of carboxylic acid groups (broad SMARTS) is 1. The van der Waals surface area contributed by atoms with Crippen molar-refractivity contribution in [2.24, 2.45) is 0 Å². The van der Waals surface area contributed by atoms with Crippen LogP contribution < -0.4 is 4.74 Å². The Morgan fingerprint density at radius 1 is 1.48 bits per heavy atom. The van der Waals surface area contributed by atoms with Crippen LogP contribution in [0, 0.1) is 5.82 Å². The van der Waals surface area contributed by atoms with Gasteiger partial charge in [-0.3, -0.25) is 9.69 Å². The molecule has 116 valence electrons. The molecule has 1 heterocycles.